The van der Waals surface area contributed by atoms with Gasteiger partial charge >= 0.3 is 0 Å². The number of nitrogens with zero attached hydrogens (tertiary/aromatic N) is 3. The lowest BCUT2D eigenvalue weighted by molar-refractivity contribution is -0.119. The van der Waals surface area contributed by atoms with Gasteiger partial charge < -0.3 is 26.3 Å². The molecule has 2 aromatic rings. The average Bonchev–Trinajstić information content (AvgIpc) is 2.88. The van der Waals surface area contributed by atoms with Gasteiger partial charge in [0, 0.05) is 6.42 Å². The lowest BCUT2D eigenvalue weighted by Crippen LogP contribution is -2.33. The Bertz CT molecular complexity index is 828. The number of amides is 1. The largest absolute Gasteiger partial charge is 0.490 e. The summed E-state index contributed by atoms with van der Waals surface area (Å²) >= 11 is 1.15. The molecule has 0 unspecified atom stereocenters. The van der Waals surface area contributed by atoms with Crippen LogP contribution in [0.25, 0.3) is 0 Å². The Morgan fingerprint density at radius 2 is 1.82 bits per heavy atom. The lowest BCUT2D eigenvalue weighted by Gasteiger charge is -2.23. The molecule has 0 fully saturated rings. The van der Waals surface area contributed by atoms with Crippen molar-refractivity contribution in [3.05, 3.63) is 23.8 Å². The van der Waals surface area contributed by atoms with Gasteiger partial charge in [0.2, 0.25) is 17.8 Å². The Morgan fingerprint density at radius 1 is 1.14 bits per heavy atom. The highest BCUT2D eigenvalue weighted by atomic mass is 32.2. The molecule has 3 rings (SSSR count). The fourth-order valence-electron chi connectivity index (χ4n) is 2.81. The van der Waals surface area contributed by atoms with E-state index in [-0.39, 0.29) is 35.5 Å². The minimum Gasteiger partial charge on any atom is -0.490 e. The maximum Gasteiger partial charge on any atom is 0.230 e. The van der Waals surface area contributed by atoms with Crippen molar-refractivity contribution >= 4 is 29.6 Å². The van der Waals surface area contributed by atoms with E-state index in [2.05, 4.69) is 34.1 Å². The summed E-state index contributed by atoms with van der Waals surface area (Å²) < 4.78 is 11.4. The summed E-state index contributed by atoms with van der Waals surface area (Å²) in [5.74, 6) is 1.67. The van der Waals surface area contributed by atoms with Crippen molar-refractivity contribution in [2.75, 3.05) is 30.4 Å². The van der Waals surface area contributed by atoms with Crippen LogP contribution in [0.15, 0.2) is 23.4 Å². The number of carbonyl (C=O) groups is 1. The summed E-state index contributed by atoms with van der Waals surface area (Å²) in [7, 11) is 0. The molecule has 10 heteroatoms. The number of thioether (sulfide) groups is 1. The van der Waals surface area contributed by atoms with E-state index in [0.29, 0.717) is 24.1 Å². The van der Waals surface area contributed by atoms with Gasteiger partial charge in [0.05, 0.1) is 25.0 Å². The van der Waals surface area contributed by atoms with E-state index in [4.69, 9.17) is 20.9 Å². The minimum atomic E-state index is -0.168. The highest BCUT2D eigenvalue weighted by Gasteiger charge is 2.21. The van der Waals surface area contributed by atoms with E-state index < -0.39 is 0 Å². The molecule has 0 saturated heterocycles. The van der Waals surface area contributed by atoms with Crippen LogP contribution in [0.1, 0.15) is 31.9 Å². The van der Waals surface area contributed by atoms with Crippen molar-refractivity contribution in [1.29, 1.82) is 0 Å². The molecular weight excluding hydrogens is 380 g/mol. The normalized spacial score (nSPS) is 14.4. The highest BCUT2D eigenvalue weighted by molar-refractivity contribution is 7.99. The fourth-order valence-corrected chi connectivity index (χ4v) is 3.47. The maximum absolute atomic E-state index is 12.5. The van der Waals surface area contributed by atoms with Gasteiger partial charge in [-0.05, 0) is 23.6 Å². The van der Waals surface area contributed by atoms with E-state index in [0.717, 1.165) is 29.5 Å². The standard InChI is InChI=1S/C18H24N6O3S/c1-10(2)15(11-4-5-12-13(8-11)27-7-3-6-26-12)21-14(25)9-28-18-23-16(19)22-17(20)24-18/h4-5,8,10,15H,3,6-7,9H2,1-2H3,(H,21,25)(H4,19,20,22,23,24)/t15-/m0/s1. The molecule has 1 aromatic carbocycles. The Balaban J connectivity index is 1.67. The number of carbonyl (C=O) groups excluding carboxylic acids is 1. The molecule has 0 bridgehead atoms. The zero-order valence-corrected chi connectivity index (χ0v) is 16.7. The molecule has 2 heterocycles. The first kappa shape index (κ1) is 20.0. The van der Waals surface area contributed by atoms with Gasteiger partial charge in [-0.3, -0.25) is 4.79 Å². The van der Waals surface area contributed by atoms with Gasteiger partial charge in [-0.2, -0.15) is 15.0 Å². The van der Waals surface area contributed by atoms with Crippen LogP contribution in [0.3, 0.4) is 0 Å². The fraction of sp³-hybridized carbons (Fsp3) is 0.444. The first-order valence-corrected chi connectivity index (χ1v) is 9.99. The van der Waals surface area contributed by atoms with Gasteiger partial charge in [0.15, 0.2) is 16.7 Å². The maximum atomic E-state index is 12.5. The first-order chi connectivity index (χ1) is 13.4. The molecule has 5 N–H and O–H groups in total. The second-order valence-corrected chi connectivity index (χ2v) is 7.61. The molecule has 1 aliphatic heterocycles. The predicted molar refractivity (Wildman–Crippen MR) is 107 cm³/mol. The van der Waals surface area contributed by atoms with Crippen molar-refractivity contribution < 1.29 is 14.3 Å². The molecule has 9 nitrogen and oxygen atoms in total. The topological polar surface area (TPSA) is 138 Å². The van der Waals surface area contributed by atoms with Crippen molar-refractivity contribution in [1.82, 2.24) is 20.3 Å². The lowest BCUT2D eigenvalue weighted by atomic mass is 9.95. The molecule has 1 amide bonds. The number of ether oxygens (including phenoxy) is 2. The van der Waals surface area contributed by atoms with E-state index in [1.807, 2.05) is 18.2 Å². The number of aromatic nitrogens is 3. The highest BCUT2D eigenvalue weighted by Crippen LogP contribution is 2.34. The van der Waals surface area contributed by atoms with Crippen LogP contribution in [0, 0.1) is 5.92 Å². The summed E-state index contributed by atoms with van der Waals surface area (Å²) in [5.41, 5.74) is 12.1. The molecule has 0 spiro atoms. The summed E-state index contributed by atoms with van der Waals surface area (Å²) in [6, 6.07) is 5.62. The van der Waals surface area contributed by atoms with Gasteiger partial charge in [-0.25, -0.2) is 0 Å². The Morgan fingerprint density at radius 3 is 2.50 bits per heavy atom. The van der Waals surface area contributed by atoms with Crippen LogP contribution in [0.4, 0.5) is 11.9 Å². The zero-order valence-electron chi connectivity index (χ0n) is 15.8. The number of hydrogen-bond donors (Lipinski definition) is 3. The molecule has 1 aliphatic rings. The summed E-state index contributed by atoms with van der Waals surface area (Å²) in [6.07, 6.45) is 0.845. The van der Waals surface area contributed by atoms with Gasteiger partial charge in [0.1, 0.15) is 0 Å². The van der Waals surface area contributed by atoms with Crippen molar-refractivity contribution in [2.24, 2.45) is 5.92 Å². The van der Waals surface area contributed by atoms with Gasteiger partial charge in [0.25, 0.3) is 0 Å². The number of hydrogen-bond acceptors (Lipinski definition) is 9. The van der Waals surface area contributed by atoms with E-state index >= 15 is 0 Å². The number of fused-ring (bicyclic) bond motifs is 1. The average molecular weight is 404 g/mol. The quantitative estimate of drug-likeness (QED) is 0.615. The summed E-state index contributed by atoms with van der Waals surface area (Å²) in [5, 5.41) is 3.38. The van der Waals surface area contributed by atoms with Gasteiger partial charge in [-0.1, -0.05) is 31.7 Å². The minimum absolute atomic E-state index is 0.0302. The third-order valence-corrected chi connectivity index (χ3v) is 4.94. The van der Waals surface area contributed by atoms with Crippen molar-refractivity contribution in [3.63, 3.8) is 0 Å². The third kappa shape index (κ3) is 5.16. The molecule has 150 valence electrons. The summed E-state index contributed by atoms with van der Waals surface area (Å²) in [4.78, 5) is 24.1. The zero-order chi connectivity index (χ0) is 20.1. The second-order valence-electron chi connectivity index (χ2n) is 6.67. The summed E-state index contributed by atoms with van der Waals surface area (Å²) in [6.45, 7) is 5.35. The molecule has 1 aromatic heterocycles. The van der Waals surface area contributed by atoms with E-state index in [1.54, 1.807) is 0 Å². The number of nitrogen functional groups attached to an aromatic ring is 2. The number of nitrogens with one attached hydrogen (secondary N) is 1. The monoisotopic (exact) mass is 404 g/mol. The van der Waals surface area contributed by atoms with Gasteiger partial charge in [-0.15, -0.1) is 0 Å². The first-order valence-electron chi connectivity index (χ1n) is 9.01. The SMILES string of the molecule is CC(C)[C@H](NC(=O)CSc1nc(N)nc(N)n1)c1ccc2c(c1)OCCCO2. The number of rotatable bonds is 6. The number of anilines is 2. The molecule has 0 saturated carbocycles. The molecule has 0 aliphatic carbocycles. The molecule has 28 heavy (non-hydrogen) atoms. The Hall–Kier alpha value is -2.75. The third-order valence-electron chi connectivity index (χ3n) is 4.10. The smallest absolute Gasteiger partial charge is 0.230 e. The molecular formula is C18H24N6O3S. The van der Waals surface area contributed by atoms with Crippen molar-refractivity contribution in [3.8, 4) is 11.5 Å². The van der Waals surface area contributed by atoms with Crippen LogP contribution in [0.2, 0.25) is 0 Å². The Kier molecular flexibility index (Phi) is 6.40. The molecule has 0 radical (unpaired) electrons. The van der Waals surface area contributed by atoms with Crippen LogP contribution in [-0.2, 0) is 4.79 Å². The number of benzene rings is 1. The predicted octanol–water partition coefficient (Wildman–Crippen LogP) is 1.80. The van der Waals surface area contributed by atoms with E-state index in [1.165, 1.54) is 0 Å². The van der Waals surface area contributed by atoms with E-state index in [9.17, 15) is 4.79 Å². The second kappa shape index (κ2) is 8.96. The Labute approximate surface area is 167 Å². The van der Waals surface area contributed by atoms with Crippen molar-refractivity contribution in [2.45, 2.75) is 31.5 Å². The van der Waals surface area contributed by atoms with Crippen LogP contribution in [-0.4, -0.2) is 39.8 Å². The van der Waals surface area contributed by atoms with Crippen LogP contribution in [0.5, 0.6) is 11.5 Å². The van der Waals surface area contributed by atoms with Crippen LogP contribution >= 0.6 is 11.8 Å². The van der Waals surface area contributed by atoms with Crippen LogP contribution < -0.4 is 26.3 Å². The number of nitrogens with two attached hydrogens (primary N) is 2. The molecule has 1 atom stereocenters.